The summed E-state index contributed by atoms with van der Waals surface area (Å²) in [5.74, 6) is 2.73. The quantitative estimate of drug-likeness (QED) is 0.218. The Bertz CT molecular complexity index is 616. The molecule has 0 spiro atoms. The van der Waals surface area contributed by atoms with Crippen molar-refractivity contribution in [1.82, 2.24) is 0 Å². The van der Waals surface area contributed by atoms with Crippen molar-refractivity contribution in [3.63, 3.8) is 0 Å². The second kappa shape index (κ2) is 6.23. The predicted molar refractivity (Wildman–Crippen MR) is 122 cm³/mol. The first-order chi connectivity index (χ1) is 12.1. The Morgan fingerprint density at radius 1 is 0.923 bits per heavy atom. The number of rotatable bonds is 2. The molecule has 0 bridgehead atoms. The van der Waals surface area contributed by atoms with Gasteiger partial charge in [0, 0.05) is 4.43 Å². The lowest BCUT2D eigenvalue weighted by Gasteiger charge is -2.61. The van der Waals surface area contributed by atoms with Crippen molar-refractivity contribution < 1.29 is 0 Å². The van der Waals surface area contributed by atoms with Crippen LogP contribution in [-0.2, 0) is 0 Å². The molecule has 148 valence electrons. The van der Waals surface area contributed by atoms with Crippen molar-refractivity contribution >= 4 is 22.6 Å². The first-order valence-corrected chi connectivity index (χ1v) is 12.9. The van der Waals surface area contributed by atoms with Crippen LogP contribution in [0.25, 0.3) is 0 Å². The maximum atomic E-state index is 2.69. The zero-order valence-electron chi connectivity index (χ0n) is 18.2. The first-order valence-electron chi connectivity index (χ1n) is 11.4. The van der Waals surface area contributed by atoms with E-state index in [2.05, 4.69) is 64.1 Å². The first kappa shape index (κ1) is 19.8. The van der Waals surface area contributed by atoms with Gasteiger partial charge >= 0.3 is 0 Å². The molecule has 1 heteroatoms. The maximum absolute atomic E-state index is 2.69. The molecule has 2 saturated carbocycles. The van der Waals surface area contributed by atoms with Crippen molar-refractivity contribution in [3.05, 3.63) is 11.1 Å². The smallest absolute Gasteiger partial charge is 0.00239 e. The van der Waals surface area contributed by atoms with Crippen molar-refractivity contribution in [2.45, 2.75) is 99.3 Å². The van der Waals surface area contributed by atoms with Crippen molar-refractivity contribution in [2.24, 2.45) is 39.4 Å². The number of hydrogen-bond donors (Lipinski definition) is 0. The van der Waals surface area contributed by atoms with E-state index in [4.69, 9.17) is 0 Å². The molecular weight excluding hydrogens is 427 g/mol. The van der Waals surface area contributed by atoms with Gasteiger partial charge in [0.15, 0.2) is 0 Å². The van der Waals surface area contributed by atoms with Gasteiger partial charge in [0.05, 0.1) is 0 Å². The Kier molecular flexibility index (Phi) is 4.74. The number of halogens is 1. The fourth-order valence-electron chi connectivity index (χ4n) is 8.84. The normalized spacial score (nSPS) is 48.6. The number of alkyl halides is 1. The van der Waals surface area contributed by atoms with Gasteiger partial charge in [-0.15, -0.1) is 0 Å². The molecule has 0 aromatic rings. The van der Waals surface area contributed by atoms with Crippen LogP contribution >= 0.6 is 22.6 Å². The van der Waals surface area contributed by atoms with Gasteiger partial charge in [-0.25, -0.2) is 0 Å². The van der Waals surface area contributed by atoms with Crippen LogP contribution in [0.5, 0.6) is 0 Å². The monoisotopic (exact) mass is 468 g/mol. The molecule has 26 heavy (non-hydrogen) atoms. The maximum Gasteiger partial charge on any atom is 0.00239 e. The summed E-state index contributed by atoms with van der Waals surface area (Å²) in [5, 5.41) is 0. The lowest BCUT2D eigenvalue weighted by Crippen LogP contribution is -2.51. The summed E-state index contributed by atoms with van der Waals surface area (Å²) in [5.41, 5.74) is 6.01. The van der Waals surface area contributed by atoms with E-state index in [1.165, 1.54) is 62.2 Å². The molecule has 4 aliphatic carbocycles. The molecule has 0 aromatic carbocycles. The fraction of sp³-hybridized carbons (Fsp3) is 0.920. The summed E-state index contributed by atoms with van der Waals surface area (Å²) < 4.78 is 1.33. The third-order valence-electron chi connectivity index (χ3n) is 10.5. The van der Waals surface area contributed by atoms with Gasteiger partial charge in [0.1, 0.15) is 0 Å². The van der Waals surface area contributed by atoms with Crippen LogP contribution in [0.2, 0.25) is 0 Å². The summed E-state index contributed by atoms with van der Waals surface area (Å²) >= 11 is 2.63. The summed E-state index contributed by atoms with van der Waals surface area (Å²) in [4.78, 5) is 0. The Balaban J connectivity index is 1.78. The largest absolute Gasteiger partial charge is 0.0861 e. The van der Waals surface area contributed by atoms with Crippen molar-refractivity contribution in [1.29, 1.82) is 0 Å². The minimum absolute atomic E-state index is 0.487. The van der Waals surface area contributed by atoms with Crippen molar-refractivity contribution in [3.8, 4) is 0 Å². The van der Waals surface area contributed by atoms with E-state index >= 15 is 0 Å². The third-order valence-corrected chi connectivity index (χ3v) is 11.9. The topological polar surface area (TPSA) is 0 Å². The molecular formula is C25H41I. The van der Waals surface area contributed by atoms with E-state index in [0.717, 1.165) is 17.8 Å². The van der Waals surface area contributed by atoms with Gasteiger partial charge in [0.2, 0.25) is 0 Å². The molecule has 0 aliphatic heterocycles. The molecule has 0 amide bonds. The highest BCUT2D eigenvalue weighted by atomic mass is 127. The zero-order valence-corrected chi connectivity index (χ0v) is 20.3. The van der Waals surface area contributed by atoms with Gasteiger partial charge < -0.3 is 0 Å². The Labute approximate surface area is 176 Å². The molecule has 0 nitrogen and oxygen atoms in total. The van der Waals surface area contributed by atoms with Gasteiger partial charge in [-0.2, -0.15) is 0 Å². The van der Waals surface area contributed by atoms with E-state index < -0.39 is 0 Å². The molecule has 6 atom stereocenters. The Morgan fingerprint density at radius 3 is 2.35 bits per heavy atom. The molecule has 6 unspecified atom stereocenters. The molecule has 0 aromatic heterocycles. The standard InChI is InChI=1S/C25H41I/c1-17(16-26)18-10-14-25(6)20-8-9-21-22(2,3)12-7-13-23(21,4)19(20)11-15-24(18,25)5/h17-18,21H,7-16H2,1-6H3. The van der Waals surface area contributed by atoms with E-state index in [1.54, 1.807) is 0 Å². The van der Waals surface area contributed by atoms with Crippen molar-refractivity contribution in [2.75, 3.05) is 4.43 Å². The summed E-state index contributed by atoms with van der Waals surface area (Å²) in [6.45, 7) is 15.7. The van der Waals surface area contributed by atoms with E-state index in [9.17, 15) is 0 Å². The van der Waals surface area contributed by atoms with Crippen LogP contribution in [0.3, 0.4) is 0 Å². The highest BCUT2D eigenvalue weighted by Crippen LogP contribution is 2.72. The Morgan fingerprint density at radius 2 is 1.65 bits per heavy atom. The summed E-state index contributed by atoms with van der Waals surface area (Å²) in [6, 6.07) is 0. The lowest BCUT2D eigenvalue weighted by molar-refractivity contribution is -0.0185. The molecule has 0 N–H and O–H groups in total. The van der Waals surface area contributed by atoms with Crippen LogP contribution in [0.4, 0.5) is 0 Å². The zero-order chi connectivity index (χ0) is 19.0. The third kappa shape index (κ3) is 2.43. The SMILES string of the molecule is CC(CI)C1CCC2(C)C3=C(CCC12C)C1(C)CCCC(C)(C)C1CC3. The predicted octanol–water partition coefficient (Wildman–Crippen LogP) is 8.20. The molecule has 2 fully saturated rings. The van der Waals surface area contributed by atoms with Gasteiger partial charge in [-0.05, 0) is 90.8 Å². The lowest BCUT2D eigenvalue weighted by atomic mass is 9.44. The minimum atomic E-state index is 0.487. The number of fused-ring (bicyclic) bond motifs is 4. The van der Waals surface area contributed by atoms with Crippen LogP contribution in [0.15, 0.2) is 11.1 Å². The fourth-order valence-corrected chi connectivity index (χ4v) is 9.46. The van der Waals surface area contributed by atoms with Crippen LogP contribution in [0.1, 0.15) is 99.3 Å². The highest BCUT2D eigenvalue weighted by molar-refractivity contribution is 14.1. The number of hydrogen-bond acceptors (Lipinski definition) is 0. The molecule has 0 radical (unpaired) electrons. The molecule has 0 heterocycles. The van der Waals surface area contributed by atoms with Crippen LogP contribution in [0, 0.1) is 39.4 Å². The average Bonchev–Trinajstić information content (AvgIpc) is 2.85. The summed E-state index contributed by atoms with van der Waals surface area (Å²) in [7, 11) is 0. The Hall–Kier alpha value is 0.470. The van der Waals surface area contributed by atoms with Crippen LogP contribution < -0.4 is 0 Å². The van der Waals surface area contributed by atoms with Crippen LogP contribution in [-0.4, -0.2) is 4.43 Å². The summed E-state index contributed by atoms with van der Waals surface area (Å²) in [6.07, 6.45) is 13.0. The van der Waals surface area contributed by atoms with Gasteiger partial charge in [-0.3, -0.25) is 0 Å². The van der Waals surface area contributed by atoms with Gasteiger partial charge in [0.25, 0.3) is 0 Å². The molecule has 4 aliphatic rings. The number of allylic oxidation sites excluding steroid dienone is 2. The molecule has 4 rings (SSSR count). The molecule has 0 saturated heterocycles. The minimum Gasteiger partial charge on any atom is -0.0861 e. The average molecular weight is 469 g/mol. The highest BCUT2D eigenvalue weighted by Gasteiger charge is 2.62. The second-order valence-corrected chi connectivity index (χ2v) is 12.7. The van der Waals surface area contributed by atoms with E-state index in [-0.39, 0.29) is 0 Å². The van der Waals surface area contributed by atoms with Gasteiger partial charge in [-0.1, -0.05) is 81.7 Å². The van der Waals surface area contributed by atoms with E-state index in [1.807, 2.05) is 11.1 Å². The second-order valence-electron chi connectivity index (χ2n) is 11.8. The van der Waals surface area contributed by atoms with E-state index in [0.29, 0.717) is 21.7 Å².